The van der Waals surface area contributed by atoms with Gasteiger partial charge >= 0.3 is 0 Å². The highest BCUT2D eigenvalue weighted by atomic mass is 16.7. The number of unbranched alkanes of at least 4 members (excludes halogenated alkanes) is 11. The van der Waals surface area contributed by atoms with Gasteiger partial charge in [-0.2, -0.15) is 0 Å². The van der Waals surface area contributed by atoms with Crippen LogP contribution in [0.3, 0.4) is 0 Å². The van der Waals surface area contributed by atoms with Crippen molar-refractivity contribution in [3.05, 3.63) is 22.6 Å². The van der Waals surface area contributed by atoms with E-state index >= 15 is 0 Å². The molecule has 34 heavy (non-hydrogen) atoms. The van der Waals surface area contributed by atoms with Crippen molar-refractivity contribution in [1.29, 1.82) is 0 Å². The second-order valence-electron chi connectivity index (χ2n) is 9.05. The van der Waals surface area contributed by atoms with Crippen molar-refractivity contribution in [3.63, 3.8) is 0 Å². The largest absolute Gasteiger partial charge is 0.394 e. The van der Waals surface area contributed by atoms with Gasteiger partial charge in [-0.05, 0) is 18.4 Å². The number of aliphatic hydroxyl groups is 5. The van der Waals surface area contributed by atoms with Crippen molar-refractivity contribution < 1.29 is 35.0 Å². The Hall–Kier alpha value is -1.23. The number of hydrogen-bond acceptors (Lipinski definition) is 8. The first-order valence-electron chi connectivity index (χ1n) is 12.8. The summed E-state index contributed by atoms with van der Waals surface area (Å²) >= 11 is 0. The van der Waals surface area contributed by atoms with Crippen molar-refractivity contribution >= 4 is 0 Å². The maximum Gasteiger partial charge on any atom is 0.186 e. The molecule has 0 spiro atoms. The molecule has 7 atom stereocenters. The van der Waals surface area contributed by atoms with Crippen LogP contribution in [-0.4, -0.2) is 81.6 Å². The van der Waals surface area contributed by atoms with Gasteiger partial charge in [0, 0.05) is 4.91 Å². The second kappa shape index (κ2) is 19.0. The maximum absolute atomic E-state index is 10.3. The number of rotatable bonds is 19. The molecule has 198 valence electrons. The lowest BCUT2D eigenvalue weighted by Crippen LogP contribution is -2.59. The van der Waals surface area contributed by atoms with Crippen LogP contribution < -0.4 is 0 Å². The predicted octanol–water partition coefficient (Wildman–Crippen LogP) is 3.10. The summed E-state index contributed by atoms with van der Waals surface area (Å²) in [7, 11) is 0. The third-order valence-corrected chi connectivity index (χ3v) is 6.18. The fraction of sp³-hybridized carbons (Fsp3) is 0.917. The minimum Gasteiger partial charge on any atom is -0.394 e. The first kappa shape index (κ1) is 30.8. The maximum atomic E-state index is 10.3. The number of azide groups is 1. The van der Waals surface area contributed by atoms with E-state index in [4.69, 9.17) is 15.0 Å². The molecule has 5 unspecified atom stereocenters. The summed E-state index contributed by atoms with van der Waals surface area (Å²) in [6.07, 6.45) is 9.99. The Morgan fingerprint density at radius 1 is 0.941 bits per heavy atom. The van der Waals surface area contributed by atoms with Crippen LogP contribution in [0.4, 0.5) is 0 Å². The Balaban J connectivity index is 2.26. The van der Waals surface area contributed by atoms with E-state index in [0.29, 0.717) is 0 Å². The van der Waals surface area contributed by atoms with E-state index in [9.17, 15) is 25.5 Å². The van der Waals surface area contributed by atoms with Gasteiger partial charge in [-0.15, -0.1) is 0 Å². The molecule has 1 fully saturated rings. The van der Waals surface area contributed by atoms with Crippen molar-refractivity contribution in [2.24, 2.45) is 5.11 Å². The quantitative estimate of drug-likeness (QED) is 0.0613. The smallest absolute Gasteiger partial charge is 0.186 e. The summed E-state index contributed by atoms with van der Waals surface area (Å²) in [5.74, 6) is 0. The molecule has 1 aliphatic heterocycles. The van der Waals surface area contributed by atoms with Crippen molar-refractivity contribution in [2.45, 2.75) is 127 Å². The average molecular weight is 488 g/mol. The molecule has 0 aliphatic carbocycles. The lowest BCUT2D eigenvalue weighted by atomic mass is 9.99. The molecular weight excluding hydrogens is 442 g/mol. The van der Waals surface area contributed by atoms with Gasteiger partial charge in [0.1, 0.15) is 24.4 Å². The highest BCUT2D eigenvalue weighted by Gasteiger charge is 2.44. The lowest BCUT2D eigenvalue weighted by molar-refractivity contribution is -0.302. The molecule has 0 aromatic heterocycles. The van der Waals surface area contributed by atoms with Gasteiger partial charge in [-0.3, -0.25) is 0 Å². The van der Waals surface area contributed by atoms with Crippen LogP contribution in [0.25, 0.3) is 10.4 Å². The van der Waals surface area contributed by atoms with Gasteiger partial charge in [0.25, 0.3) is 0 Å². The molecule has 0 saturated carbocycles. The van der Waals surface area contributed by atoms with Crippen LogP contribution in [0, 0.1) is 0 Å². The summed E-state index contributed by atoms with van der Waals surface area (Å²) < 4.78 is 10.6. The second-order valence-corrected chi connectivity index (χ2v) is 9.05. The van der Waals surface area contributed by atoms with Crippen LogP contribution in [-0.2, 0) is 9.47 Å². The Morgan fingerprint density at radius 2 is 1.53 bits per heavy atom. The standard InChI is InChI=1S/C24H45N3O7/c1-2-3-4-5-6-7-8-9-10-11-12-13-14-15-19(29)18(26-27-25)17-33-24-23(32)22(31)21(30)20(16-28)34-24/h14-15,18-24,28-32H,2-13,16-17H2,1H3/b15-14+/t18-,19+,20?,21?,22?,23?,24?/m0/s1. The van der Waals surface area contributed by atoms with Gasteiger partial charge in [-0.25, -0.2) is 0 Å². The minimum atomic E-state index is -1.57. The first-order chi connectivity index (χ1) is 16.5. The van der Waals surface area contributed by atoms with Gasteiger partial charge in [0.2, 0.25) is 0 Å². The monoisotopic (exact) mass is 487 g/mol. The fourth-order valence-electron chi connectivity index (χ4n) is 3.96. The van der Waals surface area contributed by atoms with E-state index < -0.39 is 49.5 Å². The van der Waals surface area contributed by atoms with Crippen molar-refractivity contribution in [2.75, 3.05) is 13.2 Å². The zero-order valence-corrected chi connectivity index (χ0v) is 20.5. The molecule has 0 amide bonds. The Labute approximate surface area is 203 Å². The van der Waals surface area contributed by atoms with Crippen LogP contribution in [0.5, 0.6) is 0 Å². The molecule has 1 rings (SSSR count). The minimum absolute atomic E-state index is 0.281. The zero-order valence-electron chi connectivity index (χ0n) is 20.5. The Kier molecular flexibility index (Phi) is 17.2. The van der Waals surface area contributed by atoms with Crippen LogP contribution in [0.1, 0.15) is 84.0 Å². The van der Waals surface area contributed by atoms with E-state index in [1.807, 2.05) is 6.08 Å². The fourth-order valence-corrected chi connectivity index (χ4v) is 3.96. The zero-order chi connectivity index (χ0) is 25.2. The molecule has 1 aliphatic rings. The van der Waals surface area contributed by atoms with Gasteiger partial charge in [0.05, 0.1) is 25.4 Å². The van der Waals surface area contributed by atoms with E-state index in [2.05, 4.69) is 16.9 Å². The lowest BCUT2D eigenvalue weighted by Gasteiger charge is -2.39. The Bertz CT molecular complexity index is 587. The highest BCUT2D eigenvalue weighted by Crippen LogP contribution is 2.22. The number of ether oxygens (including phenoxy) is 2. The molecule has 5 N–H and O–H groups in total. The molecule has 10 heteroatoms. The van der Waals surface area contributed by atoms with E-state index in [0.717, 1.165) is 19.3 Å². The molecule has 1 saturated heterocycles. The normalized spacial score (nSPS) is 26.9. The van der Waals surface area contributed by atoms with Gasteiger partial charge < -0.3 is 35.0 Å². The average Bonchev–Trinajstić information content (AvgIpc) is 2.84. The van der Waals surface area contributed by atoms with Crippen molar-refractivity contribution in [3.8, 4) is 0 Å². The first-order valence-corrected chi connectivity index (χ1v) is 12.8. The summed E-state index contributed by atoms with van der Waals surface area (Å²) in [5, 5.41) is 52.8. The molecular formula is C24H45N3O7. The van der Waals surface area contributed by atoms with Crippen LogP contribution in [0.2, 0.25) is 0 Å². The third-order valence-electron chi connectivity index (χ3n) is 6.18. The molecule has 10 nitrogen and oxygen atoms in total. The van der Waals surface area contributed by atoms with E-state index in [-0.39, 0.29) is 6.61 Å². The number of hydrogen-bond donors (Lipinski definition) is 5. The number of allylic oxidation sites excluding steroid dienone is 1. The molecule has 1 heterocycles. The molecule has 0 radical (unpaired) electrons. The molecule has 0 aromatic rings. The Morgan fingerprint density at radius 3 is 2.09 bits per heavy atom. The highest BCUT2D eigenvalue weighted by molar-refractivity contribution is 4.96. The topological polar surface area (TPSA) is 168 Å². The van der Waals surface area contributed by atoms with Crippen LogP contribution in [0.15, 0.2) is 17.3 Å². The summed E-state index contributed by atoms with van der Waals surface area (Å²) in [6, 6.07) is -0.967. The summed E-state index contributed by atoms with van der Waals surface area (Å²) in [5.41, 5.74) is 8.80. The number of nitrogens with zero attached hydrogens (tertiary/aromatic N) is 3. The molecule has 0 aromatic carbocycles. The summed E-state index contributed by atoms with van der Waals surface area (Å²) in [4.78, 5) is 2.73. The SMILES string of the molecule is CCCCCCCCCCCCC/C=C/[C@@H](O)[C@H](COC1OC(CO)C(O)C(O)C1O)N=[N+]=[N-]. The van der Waals surface area contributed by atoms with Gasteiger partial charge in [-0.1, -0.05) is 88.4 Å². The molecule has 0 bridgehead atoms. The van der Waals surface area contributed by atoms with Gasteiger partial charge in [0.15, 0.2) is 6.29 Å². The van der Waals surface area contributed by atoms with E-state index in [1.165, 1.54) is 57.8 Å². The third kappa shape index (κ3) is 12.0. The number of aliphatic hydroxyl groups excluding tert-OH is 5. The predicted molar refractivity (Wildman–Crippen MR) is 129 cm³/mol. The van der Waals surface area contributed by atoms with Crippen molar-refractivity contribution in [1.82, 2.24) is 0 Å². The van der Waals surface area contributed by atoms with Crippen LogP contribution >= 0.6 is 0 Å². The summed E-state index contributed by atoms with van der Waals surface area (Å²) in [6.45, 7) is 1.38. The van der Waals surface area contributed by atoms with E-state index in [1.54, 1.807) is 6.08 Å².